The summed E-state index contributed by atoms with van der Waals surface area (Å²) in [7, 11) is 0. The van der Waals surface area contributed by atoms with E-state index in [9.17, 15) is 0 Å². The Kier molecular flexibility index (Phi) is 6.37. The summed E-state index contributed by atoms with van der Waals surface area (Å²) in [6, 6.07) is 1.36. The van der Waals surface area contributed by atoms with Gasteiger partial charge in [-0.2, -0.15) is 0 Å². The maximum Gasteiger partial charge on any atom is 0.00413 e. The van der Waals surface area contributed by atoms with Crippen LogP contribution < -0.4 is 0 Å². The highest BCUT2D eigenvalue weighted by Gasteiger charge is 2.14. The standard InChI is InChI=1S/C14H30N2/c1-13(2)16(14(3)4)12-8-11-15-9-6-5-7-10-15/h13-14H,5-12H2,1-4H3. The lowest BCUT2D eigenvalue weighted by molar-refractivity contribution is 0.154. The highest BCUT2D eigenvalue weighted by molar-refractivity contribution is 4.70. The summed E-state index contributed by atoms with van der Waals surface area (Å²) in [4.78, 5) is 5.24. The van der Waals surface area contributed by atoms with E-state index in [-0.39, 0.29) is 0 Å². The average molecular weight is 226 g/mol. The minimum Gasteiger partial charge on any atom is -0.303 e. The third-order valence-corrected chi connectivity index (χ3v) is 3.67. The minimum absolute atomic E-state index is 0.682. The fraction of sp³-hybridized carbons (Fsp3) is 1.00. The van der Waals surface area contributed by atoms with Crippen LogP contribution in [0, 0.1) is 0 Å². The molecule has 2 heteroatoms. The Balaban J connectivity index is 2.16. The summed E-state index contributed by atoms with van der Waals surface area (Å²) in [5.41, 5.74) is 0. The molecule has 0 unspecified atom stereocenters. The SMILES string of the molecule is CC(C)N(CCCN1CCCCC1)C(C)C. The molecule has 0 saturated carbocycles. The van der Waals surface area contributed by atoms with Crippen LogP contribution in [0.4, 0.5) is 0 Å². The van der Waals surface area contributed by atoms with Gasteiger partial charge in [-0.25, -0.2) is 0 Å². The molecule has 1 aliphatic rings. The molecule has 0 aromatic heterocycles. The lowest BCUT2D eigenvalue weighted by atomic mass is 10.1. The highest BCUT2D eigenvalue weighted by atomic mass is 15.2. The molecule has 0 bridgehead atoms. The molecule has 2 nitrogen and oxygen atoms in total. The van der Waals surface area contributed by atoms with Gasteiger partial charge < -0.3 is 4.90 Å². The van der Waals surface area contributed by atoms with Crippen LogP contribution in [0.15, 0.2) is 0 Å². The molecule has 0 aromatic carbocycles. The van der Waals surface area contributed by atoms with Crippen molar-refractivity contribution in [1.82, 2.24) is 9.80 Å². The van der Waals surface area contributed by atoms with E-state index in [1.807, 2.05) is 0 Å². The maximum atomic E-state index is 2.64. The fourth-order valence-corrected chi connectivity index (χ4v) is 2.77. The molecule has 96 valence electrons. The van der Waals surface area contributed by atoms with Crippen LogP contribution >= 0.6 is 0 Å². The number of piperidine rings is 1. The molecular weight excluding hydrogens is 196 g/mol. The smallest absolute Gasteiger partial charge is 0.00413 e. The van der Waals surface area contributed by atoms with Gasteiger partial charge in [0.1, 0.15) is 0 Å². The van der Waals surface area contributed by atoms with Crippen LogP contribution in [-0.4, -0.2) is 48.1 Å². The summed E-state index contributed by atoms with van der Waals surface area (Å²) in [6.07, 6.45) is 5.60. The van der Waals surface area contributed by atoms with Crippen LogP contribution in [-0.2, 0) is 0 Å². The van der Waals surface area contributed by atoms with Crippen molar-refractivity contribution in [2.45, 2.75) is 65.5 Å². The van der Waals surface area contributed by atoms with Gasteiger partial charge in [-0.05, 0) is 73.1 Å². The van der Waals surface area contributed by atoms with Crippen molar-refractivity contribution in [3.05, 3.63) is 0 Å². The van der Waals surface area contributed by atoms with Gasteiger partial charge in [0.05, 0.1) is 0 Å². The highest BCUT2D eigenvalue weighted by Crippen LogP contribution is 2.10. The van der Waals surface area contributed by atoms with Crippen molar-refractivity contribution in [2.24, 2.45) is 0 Å². The Labute approximate surface area is 102 Å². The first-order valence-electron chi connectivity index (χ1n) is 7.09. The molecule has 1 fully saturated rings. The molecule has 0 atom stereocenters. The molecule has 0 aliphatic carbocycles. The lowest BCUT2D eigenvalue weighted by Gasteiger charge is -2.32. The van der Waals surface area contributed by atoms with Crippen molar-refractivity contribution < 1.29 is 0 Å². The summed E-state index contributed by atoms with van der Waals surface area (Å²) in [5, 5.41) is 0. The van der Waals surface area contributed by atoms with Crippen molar-refractivity contribution in [3.8, 4) is 0 Å². The summed E-state index contributed by atoms with van der Waals surface area (Å²) in [6.45, 7) is 14.5. The second-order valence-electron chi connectivity index (χ2n) is 5.68. The summed E-state index contributed by atoms with van der Waals surface area (Å²) >= 11 is 0. The van der Waals surface area contributed by atoms with Crippen LogP contribution in [0.3, 0.4) is 0 Å². The zero-order valence-electron chi connectivity index (χ0n) is 11.7. The maximum absolute atomic E-state index is 2.64. The second-order valence-corrected chi connectivity index (χ2v) is 5.68. The first kappa shape index (κ1) is 14.0. The number of hydrogen-bond acceptors (Lipinski definition) is 2. The predicted molar refractivity (Wildman–Crippen MR) is 71.9 cm³/mol. The third-order valence-electron chi connectivity index (χ3n) is 3.67. The largest absolute Gasteiger partial charge is 0.303 e. The molecule has 0 amide bonds. The van der Waals surface area contributed by atoms with E-state index in [0.29, 0.717) is 12.1 Å². The third kappa shape index (κ3) is 4.84. The van der Waals surface area contributed by atoms with E-state index < -0.39 is 0 Å². The van der Waals surface area contributed by atoms with Crippen molar-refractivity contribution in [1.29, 1.82) is 0 Å². The quantitative estimate of drug-likeness (QED) is 0.687. The minimum atomic E-state index is 0.682. The average Bonchev–Trinajstić information content (AvgIpc) is 2.24. The molecular formula is C14H30N2. The van der Waals surface area contributed by atoms with Crippen molar-refractivity contribution in [3.63, 3.8) is 0 Å². The first-order valence-corrected chi connectivity index (χ1v) is 7.09. The summed E-state index contributed by atoms with van der Waals surface area (Å²) in [5.74, 6) is 0. The van der Waals surface area contributed by atoms with E-state index in [4.69, 9.17) is 0 Å². The van der Waals surface area contributed by atoms with Crippen LogP contribution in [0.5, 0.6) is 0 Å². The van der Waals surface area contributed by atoms with Crippen molar-refractivity contribution in [2.75, 3.05) is 26.2 Å². The molecule has 16 heavy (non-hydrogen) atoms. The van der Waals surface area contributed by atoms with Gasteiger partial charge in [-0.3, -0.25) is 4.90 Å². The molecule has 1 rings (SSSR count). The van der Waals surface area contributed by atoms with E-state index >= 15 is 0 Å². The Morgan fingerprint density at radius 1 is 0.938 bits per heavy atom. The second kappa shape index (κ2) is 7.29. The molecule has 1 saturated heterocycles. The topological polar surface area (TPSA) is 6.48 Å². The zero-order chi connectivity index (χ0) is 12.0. The number of likely N-dealkylation sites (tertiary alicyclic amines) is 1. The van der Waals surface area contributed by atoms with Gasteiger partial charge in [0, 0.05) is 12.1 Å². The van der Waals surface area contributed by atoms with Gasteiger partial charge in [-0.1, -0.05) is 6.42 Å². The zero-order valence-corrected chi connectivity index (χ0v) is 11.7. The van der Waals surface area contributed by atoms with Gasteiger partial charge in [0.2, 0.25) is 0 Å². The lowest BCUT2D eigenvalue weighted by Crippen LogP contribution is -2.39. The van der Waals surface area contributed by atoms with E-state index in [1.54, 1.807) is 0 Å². The Morgan fingerprint density at radius 3 is 2.00 bits per heavy atom. The predicted octanol–water partition coefficient (Wildman–Crippen LogP) is 2.98. The van der Waals surface area contributed by atoms with Gasteiger partial charge >= 0.3 is 0 Å². The van der Waals surface area contributed by atoms with E-state index in [1.165, 1.54) is 51.9 Å². The molecule has 0 radical (unpaired) electrons. The van der Waals surface area contributed by atoms with Crippen LogP contribution in [0.2, 0.25) is 0 Å². The Hall–Kier alpha value is -0.0800. The monoisotopic (exact) mass is 226 g/mol. The molecule has 0 aromatic rings. The van der Waals surface area contributed by atoms with Gasteiger partial charge in [0.25, 0.3) is 0 Å². The van der Waals surface area contributed by atoms with Crippen LogP contribution in [0.25, 0.3) is 0 Å². The number of nitrogens with zero attached hydrogens (tertiary/aromatic N) is 2. The van der Waals surface area contributed by atoms with E-state index in [0.717, 1.165) is 0 Å². The number of rotatable bonds is 6. The summed E-state index contributed by atoms with van der Waals surface area (Å²) < 4.78 is 0. The molecule has 0 spiro atoms. The van der Waals surface area contributed by atoms with Crippen LogP contribution in [0.1, 0.15) is 53.4 Å². The molecule has 1 heterocycles. The molecule has 0 N–H and O–H groups in total. The molecule has 1 aliphatic heterocycles. The van der Waals surface area contributed by atoms with E-state index in [2.05, 4.69) is 37.5 Å². The van der Waals surface area contributed by atoms with Gasteiger partial charge in [0.15, 0.2) is 0 Å². The van der Waals surface area contributed by atoms with Gasteiger partial charge in [-0.15, -0.1) is 0 Å². The number of hydrogen-bond donors (Lipinski definition) is 0. The normalized spacial score (nSPS) is 18.9. The first-order chi connectivity index (χ1) is 7.61. The Morgan fingerprint density at radius 2 is 1.50 bits per heavy atom. The Bertz CT molecular complexity index is 164. The fourth-order valence-electron chi connectivity index (χ4n) is 2.77. The van der Waals surface area contributed by atoms with Crippen molar-refractivity contribution >= 4 is 0 Å².